The number of hydrogen-bond donors (Lipinski definition) is 0. The molecule has 1 aromatic heterocycles. The number of likely N-dealkylation sites (tertiary alicyclic amines) is 1. The van der Waals surface area contributed by atoms with Crippen molar-refractivity contribution in [3.8, 4) is 0 Å². The smallest absolute Gasteiger partial charge is 0.323 e. The van der Waals surface area contributed by atoms with Crippen molar-refractivity contribution in [1.29, 1.82) is 0 Å². The fourth-order valence-electron chi connectivity index (χ4n) is 2.43. The number of hydrogen-bond acceptors (Lipinski definition) is 4. The van der Waals surface area contributed by atoms with E-state index in [1.165, 1.54) is 0 Å². The number of ether oxygens (including phenoxy) is 1. The predicted octanol–water partition coefficient (Wildman–Crippen LogP) is 3.04. The van der Waals surface area contributed by atoms with E-state index in [-0.39, 0.29) is 12.0 Å². The number of halogens is 1. The summed E-state index contributed by atoms with van der Waals surface area (Å²) in [5.41, 5.74) is 0.631. The number of aromatic nitrogens is 1. The molecule has 1 fully saturated rings. The summed E-state index contributed by atoms with van der Waals surface area (Å²) in [5.74, 6) is -0.129. The fourth-order valence-corrected chi connectivity index (χ4v) is 2.62. The van der Waals surface area contributed by atoms with Crippen molar-refractivity contribution in [3.63, 3.8) is 0 Å². The molecule has 0 spiro atoms. The summed E-state index contributed by atoms with van der Waals surface area (Å²) in [6.07, 6.45) is 3.56. The summed E-state index contributed by atoms with van der Waals surface area (Å²) >= 11 is 5.90. The Bertz CT molecular complexity index is 485. The van der Waals surface area contributed by atoms with Crippen LogP contribution in [0.25, 0.3) is 0 Å². The van der Waals surface area contributed by atoms with Crippen LogP contribution in [0.5, 0.6) is 0 Å². The number of esters is 1. The average molecular weight is 297 g/mol. The lowest BCUT2D eigenvalue weighted by atomic mass is 10.1. The molecule has 1 saturated heterocycles. The van der Waals surface area contributed by atoms with Crippen LogP contribution in [-0.2, 0) is 16.1 Å². The molecule has 0 unspecified atom stereocenters. The molecule has 4 nitrogen and oxygen atoms in total. The molecule has 0 N–H and O–H groups in total. The maximum Gasteiger partial charge on any atom is 0.323 e. The average Bonchev–Trinajstić information content (AvgIpc) is 2.75. The Balaban J connectivity index is 2.02. The molecule has 0 aliphatic carbocycles. The first-order chi connectivity index (χ1) is 9.35. The van der Waals surface area contributed by atoms with E-state index in [2.05, 4.69) is 9.88 Å². The van der Waals surface area contributed by atoms with Gasteiger partial charge in [0.15, 0.2) is 0 Å². The van der Waals surface area contributed by atoms with Crippen molar-refractivity contribution in [2.24, 2.45) is 0 Å². The molecule has 0 aromatic carbocycles. The minimum Gasteiger partial charge on any atom is -0.459 e. The van der Waals surface area contributed by atoms with Gasteiger partial charge < -0.3 is 4.74 Å². The van der Waals surface area contributed by atoms with Crippen molar-refractivity contribution in [2.75, 3.05) is 6.54 Å². The number of rotatable bonds is 3. The standard InChI is InChI=1S/C15H21ClN2O2/c1-15(2,3)20-14(19)12-5-4-8-18(12)10-11-6-7-17-13(16)9-11/h6-7,9,12H,4-5,8,10H2,1-3H3/t12-/m0/s1. The van der Waals surface area contributed by atoms with E-state index in [9.17, 15) is 4.79 Å². The van der Waals surface area contributed by atoms with E-state index in [0.29, 0.717) is 11.7 Å². The minimum absolute atomic E-state index is 0.129. The molecule has 5 heteroatoms. The molecule has 1 aliphatic heterocycles. The summed E-state index contributed by atoms with van der Waals surface area (Å²) < 4.78 is 5.49. The van der Waals surface area contributed by atoms with E-state index in [4.69, 9.17) is 16.3 Å². The zero-order valence-electron chi connectivity index (χ0n) is 12.2. The highest BCUT2D eigenvalue weighted by Crippen LogP contribution is 2.23. The Labute approximate surface area is 125 Å². The number of carbonyl (C=O) groups is 1. The van der Waals surface area contributed by atoms with Gasteiger partial charge in [0, 0.05) is 12.7 Å². The highest BCUT2D eigenvalue weighted by atomic mass is 35.5. The molecule has 1 aliphatic rings. The molecule has 2 heterocycles. The highest BCUT2D eigenvalue weighted by Gasteiger charge is 2.33. The van der Waals surface area contributed by atoms with E-state index >= 15 is 0 Å². The third kappa shape index (κ3) is 4.18. The maximum atomic E-state index is 12.2. The second kappa shape index (κ2) is 6.10. The molecule has 0 radical (unpaired) electrons. The quantitative estimate of drug-likeness (QED) is 0.635. The number of carbonyl (C=O) groups excluding carboxylic acids is 1. The van der Waals surface area contributed by atoms with Crippen molar-refractivity contribution >= 4 is 17.6 Å². The summed E-state index contributed by atoms with van der Waals surface area (Å²) in [5, 5.41) is 0.482. The van der Waals surface area contributed by atoms with Gasteiger partial charge in [-0.2, -0.15) is 0 Å². The first-order valence-electron chi connectivity index (χ1n) is 6.92. The first kappa shape index (κ1) is 15.3. The molecule has 0 amide bonds. The van der Waals surface area contributed by atoms with Gasteiger partial charge in [-0.15, -0.1) is 0 Å². The summed E-state index contributed by atoms with van der Waals surface area (Å²) in [6.45, 7) is 7.29. The topological polar surface area (TPSA) is 42.4 Å². The largest absolute Gasteiger partial charge is 0.459 e. The Morgan fingerprint density at radius 3 is 2.95 bits per heavy atom. The SMILES string of the molecule is CC(C)(C)OC(=O)[C@@H]1CCCN1Cc1ccnc(Cl)c1. The molecular weight excluding hydrogens is 276 g/mol. The zero-order valence-corrected chi connectivity index (χ0v) is 13.0. The minimum atomic E-state index is -0.439. The van der Waals surface area contributed by atoms with Gasteiger partial charge in [-0.1, -0.05) is 11.6 Å². The van der Waals surface area contributed by atoms with Crippen LogP contribution in [0.15, 0.2) is 18.3 Å². The van der Waals surface area contributed by atoms with Crippen molar-refractivity contribution in [2.45, 2.75) is 51.8 Å². The maximum absolute atomic E-state index is 12.2. The van der Waals surface area contributed by atoms with Gasteiger partial charge in [-0.25, -0.2) is 4.98 Å². The van der Waals surface area contributed by atoms with Crippen LogP contribution >= 0.6 is 11.6 Å². The highest BCUT2D eigenvalue weighted by molar-refractivity contribution is 6.29. The molecule has 2 rings (SSSR count). The lowest BCUT2D eigenvalue weighted by Crippen LogP contribution is -2.40. The molecule has 20 heavy (non-hydrogen) atoms. The van der Waals surface area contributed by atoms with Crippen LogP contribution in [0.2, 0.25) is 5.15 Å². The molecular formula is C15H21ClN2O2. The van der Waals surface area contributed by atoms with Crippen LogP contribution in [0, 0.1) is 0 Å². The summed E-state index contributed by atoms with van der Waals surface area (Å²) in [7, 11) is 0. The Morgan fingerprint density at radius 1 is 1.55 bits per heavy atom. The van der Waals surface area contributed by atoms with Crippen LogP contribution in [-0.4, -0.2) is 34.0 Å². The summed E-state index contributed by atoms with van der Waals surface area (Å²) in [4.78, 5) is 18.4. The molecule has 110 valence electrons. The third-order valence-corrected chi connectivity index (χ3v) is 3.43. The van der Waals surface area contributed by atoms with Crippen LogP contribution in [0.3, 0.4) is 0 Å². The van der Waals surface area contributed by atoms with Crippen molar-refractivity contribution in [1.82, 2.24) is 9.88 Å². The van der Waals surface area contributed by atoms with Crippen molar-refractivity contribution < 1.29 is 9.53 Å². The second-order valence-corrected chi connectivity index (χ2v) is 6.54. The van der Waals surface area contributed by atoms with E-state index in [1.807, 2.05) is 32.9 Å². The number of pyridine rings is 1. The zero-order chi connectivity index (χ0) is 14.8. The van der Waals surface area contributed by atoms with Crippen LogP contribution < -0.4 is 0 Å². The molecule has 1 atom stereocenters. The monoisotopic (exact) mass is 296 g/mol. The Kier molecular flexibility index (Phi) is 4.66. The summed E-state index contributed by atoms with van der Waals surface area (Å²) in [6, 6.07) is 3.61. The second-order valence-electron chi connectivity index (χ2n) is 6.15. The van der Waals surface area contributed by atoms with Gasteiger partial charge in [0.05, 0.1) is 0 Å². The van der Waals surface area contributed by atoms with Gasteiger partial charge in [0.25, 0.3) is 0 Å². The van der Waals surface area contributed by atoms with Gasteiger partial charge >= 0.3 is 5.97 Å². The Hall–Kier alpha value is -1.13. The fraction of sp³-hybridized carbons (Fsp3) is 0.600. The Morgan fingerprint density at radius 2 is 2.30 bits per heavy atom. The van der Waals surface area contributed by atoms with Gasteiger partial charge in [-0.3, -0.25) is 9.69 Å². The molecule has 0 bridgehead atoms. The predicted molar refractivity (Wildman–Crippen MR) is 78.5 cm³/mol. The van der Waals surface area contributed by atoms with Gasteiger partial charge in [0.1, 0.15) is 16.8 Å². The van der Waals surface area contributed by atoms with Crippen LogP contribution in [0.1, 0.15) is 39.2 Å². The van der Waals surface area contributed by atoms with Gasteiger partial charge in [0.2, 0.25) is 0 Å². The van der Waals surface area contributed by atoms with Gasteiger partial charge in [-0.05, 0) is 57.9 Å². The normalized spacial score (nSPS) is 20.1. The molecule has 1 aromatic rings. The number of nitrogens with zero attached hydrogens (tertiary/aromatic N) is 2. The first-order valence-corrected chi connectivity index (χ1v) is 7.30. The van der Waals surface area contributed by atoms with E-state index in [0.717, 1.165) is 24.9 Å². The lowest BCUT2D eigenvalue weighted by molar-refractivity contribution is -0.160. The lowest BCUT2D eigenvalue weighted by Gasteiger charge is -2.27. The van der Waals surface area contributed by atoms with E-state index < -0.39 is 5.60 Å². The molecule has 0 saturated carbocycles. The van der Waals surface area contributed by atoms with Crippen LogP contribution in [0.4, 0.5) is 0 Å². The van der Waals surface area contributed by atoms with Crippen molar-refractivity contribution in [3.05, 3.63) is 29.0 Å². The van der Waals surface area contributed by atoms with E-state index in [1.54, 1.807) is 6.20 Å². The third-order valence-electron chi connectivity index (χ3n) is 3.22.